The SMILES string of the molecule is COc1ccc(O)c(C(C)NC(C)CCc2ccco2)c1. The van der Waals surface area contributed by atoms with Crippen LogP contribution in [0.3, 0.4) is 0 Å². The molecule has 21 heavy (non-hydrogen) atoms. The zero-order chi connectivity index (χ0) is 15.2. The Balaban J connectivity index is 1.92. The molecule has 4 nitrogen and oxygen atoms in total. The highest BCUT2D eigenvalue weighted by molar-refractivity contribution is 5.41. The minimum atomic E-state index is 0.0479. The molecule has 114 valence electrons. The largest absolute Gasteiger partial charge is 0.508 e. The predicted octanol–water partition coefficient (Wildman–Crippen LogP) is 3.67. The van der Waals surface area contributed by atoms with Crippen LogP contribution in [0.1, 0.15) is 37.6 Å². The average Bonchev–Trinajstić information content (AvgIpc) is 2.99. The number of phenolic OH excluding ortho intramolecular Hbond substituents is 1. The Labute approximate surface area is 125 Å². The summed E-state index contributed by atoms with van der Waals surface area (Å²) in [6.45, 7) is 4.18. The Morgan fingerprint density at radius 3 is 2.76 bits per heavy atom. The summed E-state index contributed by atoms with van der Waals surface area (Å²) in [5, 5.41) is 13.5. The molecule has 4 heteroatoms. The average molecular weight is 289 g/mol. The summed E-state index contributed by atoms with van der Waals surface area (Å²) in [4.78, 5) is 0. The molecule has 1 aromatic heterocycles. The van der Waals surface area contributed by atoms with E-state index in [0.29, 0.717) is 6.04 Å². The lowest BCUT2D eigenvalue weighted by Gasteiger charge is -2.21. The summed E-state index contributed by atoms with van der Waals surface area (Å²) in [5.41, 5.74) is 0.846. The quantitative estimate of drug-likeness (QED) is 0.816. The summed E-state index contributed by atoms with van der Waals surface area (Å²) < 4.78 is 10.5. The molecule has 2 aromatic rings. The minimum absolute atomic E-state index is 0.0479. The number of hydrogen-bond donors (Lipinski definition) is 2. The first kappa shape index (κ1) is 15.4. The maximum Gasteiger partial charge on any atom is 0.120 e. The molecule has 0 saturated heterocycles. The van der Waals surface area contributed by atoms with Gasteiger partial charge in [0.2, 0.25) is 0 Å². The van der Waals surface area contributed by atoms with Gasteiger partial charge in [-0.05, 0) is 50.6 Å². The molecule has 1 heterocycles. The van der Waals surface area contributed by atoms with Crippen molar-refractivity contribution in [2.75, 3.05) is 7.11 Å². The number of ether oxygens (including phenoxy) is 1. The highest BCUT2D eigenvalue weighted by Gasteiger charge is 2.14. The molecule has 0 aliphatic heterocycles. The van der Waals surface area contributed by atoms with E-state index >= 15 is 0 Å². The lowest BCUT2D eigenvalue weighted by molar-refractivity contribution is 0.398. The number of nitrogens with one attached hydrogen (secondary N) is 1. The fraction of sp³-hybridized carbons (Fsp3) is 0.412. The van der Waals surface area contributed by atoms with Gasteiger partial charge >= 0.3 is 0 Å². The maximum atomic E-state index is 9.98. The van der Waals surface area contributed by atoms with Crippen LogP contribution in [0.15, 0.2) is 41.0 Å². The molecule has 1 aromatic carbocycles. The zero-order valence-corrected chi connectivity index (χ0v) is 12.8. The summed E-state index contributed by atoms with van der Waals surface area (Å²) in [6, 6.07) is 9.55. The van der Waals surface area contributed by atoms with E-state index < -0.39 is 0 Å². The van der Waals surface area contributed by atoms with Crippen molar-refractivity contribution in [1.29, 1.82) is 0 Å². The molecular formula is C17H23NO3. The smallest absolute Gasteiger partial charge is 0.120 e. The third kappa shape index (κ3) is 4.26. The second-order valence-corrected chi connectivity index (χ2v) is 5.33. The number of rotatable bonds is 7. The number of aromatic hydroxyl groups is 1. The standard InChI is InChI=1S/C17H23NO3/c1-12(6-7-14-5-4-10-21-14)18-13(2)16-11-15(20-3)8-9-17(16)19/h4-5,8-13,18-19H,6-7H2,1-3H3. The van der Waals surface area contributed by atoms with Gasteiger partial charge in [-0.1, -0.05) is 0 Å². The molecule has 2 unspecified atom stereocenters. The minimum Gasteiger partial charge on any atom is -0.508 e. The second kappa shape index (κ2) is 7.18. The molecular weight excluding hydrogens is 266 g/mol. The number of benzene rings is 1. The van der Waals surface area contributed by atoms with E-state index in [0.717, 1.165) is 29.9 Å². The first-order valence-corrected chi connectivity index (χ1v) is 7.25. The van der Waals surface area contributed by atoms with Gasteiger partial charge in [-0.2, -0.15) is 0 Å². The van der Waals surface area contributed by atoms with Crippen molar-refractivity contribution in [3.8, 4) is 11.5 Å². The molecule has 2 rings (SSSR count). The Morgan fingerprint density at radius 2 is 2.10 bits per heavy atom. The number of furan rings is 1. The third-order valence-corrected chi connectivity index (χ3v) is 3.64. The van der Waals surface area contributed by atoms with Crippen molar-refractivity contribution in [3.63, 3.8) is 0 Å². The molecule has 2 atom stereocenters. The Bertz CT molecular complexity index is 551. The molecule has 0 bridgehead atoms. The van der Waals surface area contributed by atoms with Crippen molar-refractivity contribution < 1.29 is 14.3 Å². The summed E-state index contributed by atoms with van der Waals surface area (Å²) in [5.74, 6) is 2.04. The van der Waals surface area contributed by atoms with Crippen LogP contribution in [0.25, 0.3) is 0 Å². The normalized spacial score (nSPS) is 13.9. The van der Waals surface area contributed by atoms with Crippen LogP contribution in [0, 0.1) is 0 Å². The molecule has 2 N–H and O–H groups in total. The molecule has 0 aliphatic rings. The Kier molecular flexibility index (Phi) is 5.28. The fourth-order valence-electron chi connectivity index (χ4n) is 2.42. The van der Waals surface area contributed by atoms with E-state index in [1.54, 1.807) is 25.5 Å². The Hall–Kier alpha value is -1.94. The first-order chi connectivity index (χ1) is 10.1. The number of methoxy groups -OCH3 is 1. The molecule has 0 fully saturated rings. The van der Waals surface area contributed by atoms with Crippen molar-refractivity contribution in [3.05, 3.63) is 47.9 Å². The number of aryl methyl sites for hydroxylation is 1. The highest BCUT2D eigenvalue weighted by atomic mass is 16.5. The monoisotopic (exact) mass is 289 g/mol. The van der Waals surface area contributed by atoms with Gasteiger partial charge in [-0.3, -0.25) is 0 Å². The van der Waals surface area contributed by atoms with Crippen LogP contribution in [0.5, 0.6) is 11.5 Å². The topological polar surface area (TPSA) is 54.6 Å². The summed E-state index contributed by atoms with van der Waals surface area (Å²) in [7, 11) is 1.63. The van der Waals surface area contributed by atoms with Gasteiger partial charge in [0, 0.05) is 24.1 Å². The first-order valence-electron chi connectivity index (χ1n) is 7.25. The van der Waals surface area contributed by atoms with Crippen molar-refractivity contribution in [1.82, 2.24) is 5.32 Å². The van der Waals surface area contributed by atoms with E-state index in [4.69, 9.17) is 9.15 Å². The van der Waals surface area contributed by atoms with Crippen molar-refractivity contribution >= 4 is 0 Å². The lowest BCUT2D eigenvalue weighted by Crippen LogP contribution is -2.29. The van der Waals surface area contributed by atoms with Crippen LogP contribution in [-0.4, -0.2) is 18.3 Å². The van der Waals surface area contributed by atoms with E-state index in [2.05, 4.69) is 12.2 Å². The van der Waals surface area contributed by atoms with Crippen LogP contribution in [0.2, 0.25) is 0 Å². The number of phenols is 1. The lowest BCUT2D eigenvalue weighted by atomic mass is 10.0. The second-order valence-electron chi connectivity index (χ2n) is 5.33. The molecule has 0 amide bonds. The van der Waals surface area contributed by atoms with Gasteiger partial charge in [-0.15, -0.1) is 0 Å². The molecule has 0 radical (unpaired) electrons. The summed E-state index contributed by atoms with van der Waals surface area (Å²) in [6.07, 6.45) is 3.57. The van der Waals surface area contributed by atoms with Gasteiger partial charge in [0.25, 0.3) is 0 Å². The van der Waals surface area contributed by atoms with Crippen molar-refractivity contribution in [2.45, 2.75) is 38.8 Å². The molecule has 0 spiro atoms. The van der Waals surface area contributed by atoms with E-state index in [9.17, 15) is 5.11 Å². The van der Waals surface area contributed by atoms with Crippen molar-refractivity contribution in [2.24, 2.45) is 0 Å². The van der Waals surface area contributed by atoms with Crippen LogP contribution in [-0.2, 0) is 6.42 Å². The zero-order valence-electron chi connectivity index (χ0n) is 12.8. The van der Waals surface area contributed by atoms with Gasteiger partial charge in [0.05, 0.1) is 13.4 Å². The molecule has 0 saturated carbocycles. The van der Waals surface area contributed by atoms with E-state index in [-0.39, 0.29) is 11.8 Å². The van der Waals surface area contributed by atoms with E-state index in [1.807, 2.05) is 25.1 Å². The Morgan fingerprint density at radius 1 is 1.29 bits per heavy atom. The van der Waals surface area contributed by atoms with Gasteiger partial charge in [0.1, 0.15) is 17.3 Å². The van der Waals surface area contributed by atoms with Crippen LogP contribution in [0.4, 0.5) is 0 Å². The van der Waals surface area contributed by atoms with Gasteiger partial charge < -0.3 is 19.6 Å². The fourth-order valence-corrected chi connectivity index (χ4v) is 2.42. The number of hydrogen-bond acceptors (Lipinski definition) is 4. The van der Waals surface area contributed by atoms with Gasteiger partial charge in [-0.25, -0.2) is 0 Å². The summed E-state index contributed by atoms with van der Waals surface area (Å²) >= 11 is 0. The third-order valence-electron chi connectivity index (χ3n) is 3.64. The highest BCUT2D eigenvalue weighted by Crippen LogP contribution is 2.28. The van der Waals surface area contributed by atoms with Crippen LogP contribution >= 0.6 is 0 Å². The van der Waals surface area contributed by atoms with E-state index in [1.165, 1.54) is 0 Å². The van der Waals surface area contributed by atoms with Gasteiger partial charge in [0.15, 0.2) is 0 Å². The van der Waals surface area contributed by atoms with Crippen LogP contribution < -0.4 is 10.1 Å². The maximum absolute atomic E-state index is 9.98. The molecule has 0 aliphatic carbocycles. The predicted molar refractivity (Wildman–Crippen MR) is 82.7 cm³/mol.